The Morgan fingerprint density at radius 1 is 0.538 bits per heavy atom. The minimum absolute atomic E-state index is 0.762. The maximum atomic E-state index is 5.74. The molecule has 1 nitrogen and oxygen atoms in total. The van der Waals surface area contributed by atoms with Crippen LogP contribution in [0.25, 0.3) is 0 Å². The highest BCUT2D eigenvalue weighted by Gasteiger charge is 1.95. The molecule has 0 fully saturated rings. The monoisotopic (exact) mass is 424 g/mol. The van der Waals surface area contributed by atoms with Crippen molar-refractivity contribution in [1.82, 2.24) is 0 Å². The van der Waals surface area contributed by atoms with Gasteiger partial charge in [0.2, 0.25) is 0 Å². The van der Waals surface area contributed by atoms with E-state index in [0.29, 0.717) is 0 Å². The largest absolute Gasteiger partial charge is 0.377 e. The van der Waals surface area contributed by atoms with Gasteiger partial charge < -0.3 is 4.74 Å². The molecule has 0 aliphatic heterocycles. The summed E-state index contributed by atoms with van der Waals surface area (Å²) in [5.41, 5.74) is 1.28. The Morgan fingerprint density at radius 2 is 0.962 bits per heavy atom. The normalized spacial score (nSPS) is 11.1. The van der Waals surface area contributed by atoms with Crippen molar-refractivity contribution in [3.8, 4) is 0 Å². The van der Waals surface area contributed by atoms with Crippen LogP contribution in [-0.2, 0) is 11.3 Å². The summed E-state index contributed by atoms with van der Waals surface area (Å²) in [7, 11) is 0. The molecule has 0 radical (unpaired) electrons. The fourth-order valence-corrected chi connectivity index (χ4v) is 3.76. The highest BCUT2D eigenvalue weighted by atomic mass is 79.9. The number of benzene rings is 1. The van der Waals surface area contributed by atoms with Crippen molar-refractivity contribution in [3.05, 3.63) is 35.9 Å². The second kappa shape index (κ2) is 19.4. The van der Waals surface area contributed by atoms with Gasteiger partial charge in [0.25, 0.3) is 0 Å². The lowest BCUT2D eigenvalue weighted by Crippen LogP contribution is -1.95. The van der Waals surface area contributed by atoms with Crippen LogP contribution in [0, 0.1) is 0 Å². The second-order valence-electron chi connectivity index (χ2n) is 7.53. The molecule has 1 aromatic rings. The highest BCUT2D eigenvalue weighted by molar-refractivity contribution is 9.09. The van der Waals surface area contributed by atoms with Gasteiger partial charge in [0.15, 0.2) is 0 Å². The minimum Gasteiger partial charge on any atom is -0.377 e. The number of rotatable bonds is 19. The van der Waals surface area contributed by atoms with Crippen LogP contribution in [0.3, 0.4) is 0 Å². The summed E-state index contributed by atoms with van der Waals surface area (Å²) in [6.45, 7) is 1.67. The first-order chi connectivity index (χ1) is 12.9. The van der Waals surface area contributed by atoms with Crippen LogP contribution in [0.5, 0.6) is 0 Å². The van der Waals surface area contributed by atoms with E-state index in [-0.39, 0.29) is 0 Å². The molecule has 0 aromatic heterocycles. The molecule has 2 heteroatoms. The lowest BCUT2D eigenvalue weighted by atomic mass is 10.0. The first kappa shape index (κ1) is 23.7. The van der Waals surface area contributed by atoms with E-state index in [1.807, 2.05) is 0 Å². The third-order valence-corrected chi connectivity index (χ3v) is 5.59. The first-order valence-electron chi connectivity index (χ1n) is 11.1. The number of hydrogen-bond donors (Lipinski definition) is 0. The molecule has 0 atom stereocenters. The van der Waals surface area contributed by atoms with Gasteiger partial charge in [0.1, 0.15) is 0 Å². The quantitative estimate of drug-likeness (QED) is 0.160. The Morgan fingerprint density at radius 3 is 1.42 bits per heavy atom. The first-order valence-corrected chi connectivity index (χ1v) is 12.2. The molecular weight excluding hydrogens is 384 g/mol. The Balaban J connectivity index is 1.68. The Hall–Kier alpha value is -0.340. The maximum absolute atomic E-state index is 5.74. The van der Waals surface area contributed by atoms with Crippen molar-refractivity contribution in [1.29, 1.82) is 0 Å². The summed E-state index contributed by atoms with van der Waals surface area (Å²) in [4.78, 5) is 0. The molecule has 0 spiro atoms. The van der Waals surface area contributed by atoms with Gasteiger partial charge in [-0.2, -0.15) is 0 Å². The lowest BCUT2D eigenvalue weighted by Gasteiger charge is -2.05. The van der Waals surface area contributed by atoms with E-state index in [1.54, 1.807) is 0 Å². The van der Waals surface area contributed by atoms with Gasteiger partial charge in [-0.1, -0.05) is 130 Å². The maximum Gasteiger partial charge on any atom is 0.0716 e. The van der Waals surface area contributed by atoms with Gasteiger partial charge >= 0.3 is 0 Å². The van der Waals surface area contributed by atoms with Crippen molar-refractivity contribution in [2.75, 3.05) is 11.9 Å². The number of ether oxygens (including phenoxy) is 1. The van der Waals surface area contributed by atoms with Crippen molar-refractivity contribution in [2.24, 2.45) is 0 Å². The van der Waals surface area contributed by atoms with Crippen molar-refractivity contribution >= 4 is 15.9 Å². The Bertz CT molecular complexity index is 379. The second-order valence-corrected chi connectivity index (χ2v) is 8.32. The summed E-state index contributed by atoms with van der Waals surface area (Å²) in [6.07, 6.45) is 21.1. The van der Waals surface area contributed by atoms with Crippen molar-refractivity contribution in [3.63, 3.8) is 0 Å². The van der Waals surface area contributed by atoms with Crippen LogP contribution in [0.4, 0.5) is 0 Å². The van der Waals surface area contributed by atoms with E-state index >= 15 is 0 Å². The number of alkyl halides is 1. The average Bonchev–Trinajstić information content (AvgIpc) is 2.68. The van der Waals surface area contributed by atoms with Crippen LogP contribution >= 0.6 is 15.9 Å². The summed E-state index contributed by atoms with van der Waals surface area (Å²) in [5.74, 6) is 0. The van der Waals surface area contributed by atoms with Gasteiger partial charge in [-0.05, 0) is 18.4 Å². The smallest absolute Gasteiger partial charge is 0.0716 e. The molecule has 1 aromatic carbocycles. The molecule has 26 heavy (non-hydrogen) atoms. The van der Waals surface area contributed by atoms with E-state index < -0.39 is 0 Å². The lowest BCUT2D eigenvalue weighted by molar-refractivity contribution is 0.116. The third kappa shape index (κ3) is 15.9. The van der Waals surface area contributed by atoms with Gasteiger partial charge in [0.05, 0.1) is 6.61 Å². The van der Waals surface area contributed by atoms with E-state index in [1.165, 1.54) is 107 Å². The van der Waals surface area contributed by atoms with Crippen LogP contribution in [0.15, 0.2) is 30.3 Å². The minimum atomic E-state index is 0.762. The van der Waals surface area contributed by atoms with Gasteiger partial charge in [0, 0.05) is 11.9 Å². The summed E-state index contributed by atoms with van der Waals surface area (Å²) in [6, 6.07) is 10.5. The van der Waals surface area contributed by atoms with Crippen LogP contribution < -0.4 is 0 Å². The van der Waals surface area contributed by atoms with Crippen LogP contribution in [-0.4, -0.2) is 11.9 Å². The van der Waals surface area contributed by atoms with Gasteiger partial charge in [-0.15, -0.1) is 0 Å². The zero-order valence-corrected chi connectivity index (χ0v) is 18.5. The zero-order valence-electron chi connectivity index (χ0n) is 16.9. The molecule has 0 N–H and O–H groups in total. The molecule has 0 amide bonds. The topological polar surface area (TPSA) is 9.23 Å². The molecule has 0 saturated heterocycles. The molecule has 0 aliphatic rings. The van der Waals surface area contributed by atoms with E-state index in [9.17, 15) is 0 Å². The Labute approximate surface area is 171 Å². The SMILES string of the molecule is BrCCCCCCCCCCCCCCCCCOCc1ccccc1. The molecule has 0 unspecified atom stereocenters. The average molecular weight is 425 g/mol. The summed E-state index contributed by atoms with van der Waals surface area (Å²) in [5, 5.41) is 1.18. The van der Waals surface area contributed by atoms with Crippen LogP contribution in [0.1, 0.15) is 102 Å². The fraction of sp³-hybridized carbons (Fsp3) is 0.750. The van der Waals surface area contributed by atoms with Crippen molar-refractivity contribution < 1.29 is 4.74 Å². The van der Waals surface area contributed by atoms with Gasteiger partial charge in [-0.25, -0.2) is 0 Å². The number of unbranched alkanes of at least 4 members (excludes halogenated alkanes) is 14. The van der Waals surface area contributed by atoms with E-state index in [0.717, 1.165) is 13.2 Å². The van der Waals surface area contributed by atoms with E-state index in [2.05, 4.69) is 46.3 Å². The zero-order chi connectivity index (χ0) is 18.5. The number of hydrogen-bond acceptors (Lipinski definition) is 1. The highest BCUT2D eigenvalue weighted by Crippen LogP contribution is 2.13. The van der Waals surface area contributed by atoms with Gasteiger partial charge in [-0.3, -0.25) is 0 Å². The molecule has 0 bridgehead atoms. The standard InChI is InChI=1S/C24H41BrO/c25-21-17-12-10-8-6-4-2-1-3-5-7-9-11-13-18-22-26-23-24-19-15-14-16-20-24/h14-16,19-20H,1-13,17-18,21-23H2. The number of halogens is 1. The Kier molecular flexibility index (Phi) is 17.7. The molecule has 150 valence electrons. The fourth-order valence-electron chi connectivity index (χ4n) is 3.36. The molecule has 0 aliphatic carbocycles. The molecule has 0 saturated carbocycles. The summed E-state index contributed by atoms with van der Waals surface area (Å²) < 4.78 is 5.74. The molecule has 0 heterocycles. The summed E-state index contributed by atoms with van der Waals surface area (Å²) >= 11 is 3.50. The van der Waals surface area contributed by atoms with Crippen LogP contribution in [0.2, 0.25) is 0 Å². The molecule has 1 rings (SSSR count). The van der Waals surface area contributed by atoms with E-state index in [4.69, 9.17) is 4.74 Å². The predicted molar refractivity (Wildman–Crippen MR) is 119 cm³/mol. The predicted octanol–water partition coefficient (Wildman–Crippen LogP) is 8.45. The third-order valence-electron chi connectivity index (χ3n) is 5.03. The van der Waals surface area contributed by atoms with Crippen molar-refractivity contribution in [2.45, 2.75) is 103 Å². The molecular formula is C24H41BrO.